The van der Waals surface area contributed by atoms with E-state index in [0.717, 1.165) is 18.2 Å². The van der Waals surface area contributed by atoms with Crippen LogP contribution in [0.2, 0.25) is 0 Å². The molecule has 2 N–H and O–H groups in total. The van der Waals surface area contributed by atoms with Gasteiger partial charge in [-0.2, -0.15) is 0 Å². The Balaban J connectivity index is 2.33. The number of aromatic amines is 1. The van der Waals surface area contributed by atoms with Gasteiger partial charge in [0.2, 0.25) is 0 Å². The van der Waals surface area contributed by atoms with Crippen molar-refractivity contribution in [2.75, 3.05) is 7.05 Å². The highest BCUT2D eigenvalue weighted by molar-refractivity contribution is 4.94. The molecule has 0 aliphatic rings. The second-order valence-corrected chi connectivity index (χ2v) is 4.14. The summed E-state index contributed by atoms with van der Waals surface area (Å²) in [6, 6.07) is 0.378. The van der Waals surface area contributed by atoms with E-state index in [-0.39, 0.29) is 0 Å². The van der Waals surface area contributed by atoms with Crippen molar-refractivity contribution in [2.24, 2.45) is 5.92 Å². The van der Waals surface area contributed by atoms with Crippen molar-refractivity contribution in [2.45, 2.75) is 39.2 Å². The van der Waals surface area contributed by atoms with Crippen LogP contribution < -0.4 is 5.32 Å². The van der Waals surface area contributed by atoms with Gasteiger partial charge in [0, 0.05) is 12.4 Å². The smallest absolute Gasteiger partial charge is 0.123 e. The predicted octanol–water partition coefficient (Wildman–Crippen LogP) is 2.50. The Morgan fingerprint density at radius 1 is 1.43 bits per heavy atom. The lowest BCUT2D eigenvalue weighted by molar-refractivity contribution is 0.459. The van der Waals surface area contributed by atoms with Crippen molar-refractivity contribution in [1.29, 1.82) is 0 Å². The third-order valence-corrected chi connectivity index (χ3v) is 2.47. The maximum absolute atomic E-state index is 4.27. The second-order valence-electron chi connectivity index (χ2n) is 4.14. The summed E-state index contributed by atoms with van der Waals surface area (Å²) < 4.78 is 0. The molecule has 1 atom stereocenters. The number of nitrogens with one attached hydrogen (secondary N) is 2. The number of hydrogen-bond acceptors (Lipinski definition) is 2. The minimum Gasteiger partial charge on any atom is -0.347 e. The lowest BCUT2D eigenvalue weighted by atomic mass is 10.0. The molecule has 0 aliphatic heterocycles. The summed E-state index contributed by atoms with van der Waals surface area (Å²) in [5.74, 6) is 1.85. The molecule has 0 aliphatic carbocycles. The maximum Gasteiger partial charge on any atom is 0.123 e. The van der Waals surface area contributed by atoms with Crippen LogP contribution in [0.15, 0.2) is 12.4 Å². The van der Waals surface area contributed by atoms with E-state index in [1.807, 2.05) is 19.4 Å². The maximum atomic E-state index is 4.27. The van der Waals surface area contributed by atoms with Crippen LogP contribution in [0.25, 0.3) is 0 Å². The fourth-order valence-corrected chi connectivity index (χ4v) is 1.62. The van der Waals surface area contributed by atoms with Crippen molar-refractivity contribution >= 4 is 0 Å². The van der Waals surface area contributed by atoms with Crippen molar-refractivity contribution < 1.29 is 0 Å². The molecular weight excluding hydrogens is 174 g/mol. The molecule has 0 radical (unpaired) electrons. The normalized spacial score (nSPS) is 13.4. The topological polar surface area (TPSA) is 40.7 Å². The number of aromatic nitrogens is 2. The summed E-state index contributed by atoms with van der Waals surface area (Å²) in [6.07, 6.45) is 7.38. The molecule has 0 saturated heterocycles. The highest BCUT2D eigenvalue weighted by Gasteiger charge is 2.10. The Kier molecular flexibility index (Phi) is 4.66. The largest absolute Gasteiger partial charge is 0.347 e. The van der Waals surface area contributed by atoms with E-state index in [1.54, 1.807) is 0 Å². The molecule has 0 aromatic carbocycles. The summed E-state index contributed by atoms with van der Waals surface area (Å²) >= 11 is 0. The number of rotatable bonds is 6. The van der Waals surface area contributed by atoms with Crippen LogP contribution in [-0.2, 0) is 0 Å². The third-order valence-electron chi connectivity index (χ3n) is 2.47. The monoisotopic (exact) mass is 195 g/mol. The molecule has 0 fully saturated rings. The molecule has 3 nitrogen and oxygen atoms in total. The van der Waals surface area contributed by atoms with E-state index >= 15 is 0 Å². The Morgan fingerprint density at radius 2 is 2.21 bits per heavy atom. The van der Waals surface area contributed by atoms with Gasteiger partial charge in [-0.3, -0.25) is 0 Å². The lowest BCUT2D eigenvalue weighted by Crippen LogP contribution is -2.17. The molecule has 14 heavy (non-hydrogen) atoms. The van der Waals surface area contributed by atoms with Gasteiger partial charge in [0.1, 0.15) is 5.82 Å². The first-order valence-electron chi connectivity index (χ1n) is 5.40. The quantitative estimate of drug-likeness (QED) is 0.732. The average Bonchev–Trinajstić information content (AvgIpc) is 2.64. The number of nitrogens with zero attached hydrogens (tertiary/aromatic N) is 1. The Bertz CT molecular complexity index is 229. The Morgan fingerprint density at radius 3 is 2.71 bits per heavy atom. The molecule has 1 unspecified atom stereocenters. The minimum absolute atomic E-state index is 0.378. The Hall–Kier alpha value is -0.830. The summed E-state index contributed by atoms with van der Waals surface area (Å²) in [5, 5.41) is 3.28. The lowest BCUT2D eigenvalue weighted by Gasteiger charge is -2.14. The van der Waals surface area contributed by atoms with Gasteiger partial charge in [-0.05, 0) is 19.4 Å². The Labute approximate surface area is 86.3 Å². The summed E-state index contributed by atoms with van der Waals surface area (Å²) in [4.78, 5) is 7.42. The standard InChI is InChI=1S/C11H21N3/c1-9(2)5-4-6-10(12-3)11-13-7-8-14-11/h7-10,12H,4-6H2,1-3H3,(H,13,14). The van der Waals surface area contributed by atoms with Crippen LogP contribution in [0.1, 0.15) is 45.0 Å². The van der Waals surface area contributed by atoms with Crippen LogP contribution in [0.5, 0.6) is 0 Å². The van der Waals surface area contributed by atoms with Gasteiger partial charge >= 0.3 is 0 Å². The van der Waals surface area contributed by atoms with E-state index in [1.165, 1.54) is 12.8 Å². The van der Waals surface area contributed by atoms with Crippen molar-refractivity contribution in [3.8, 4) is 0 Å². The molecule has 0 saturated carbocycles. The fourth-order valence-electron chi connectivity index (χ4n) is 1.62. The van der Waals surface area contributed by atoms with Gasteiger partial charge in [0.15, 0.2) is 0 Å². The minimum atomic E-state index is 0.378. The molecule has 80 valence electrons. The molecule has 1 aromatic rings. The van der Waals surface area contributed by atoms with Crippen LogP contribution in [0.4, 0.5) is 0 Å². The first-order valence-corrected chi connectivity index (χ1v) is 5.40. The van der Waals surface area contributed by atoms with Crippen molar-refractivity contribution in [1.82, 2.24) is 15.3 Å². The molecule has 0 amide bonds. The summed E-state index contributed by atoms with van der Waals surface area (Å²) in [5.41, 5.74) is 0. The van der Waals surface area contributed by atoms with Gasteiger partial charge in [-0.15, -0.1) is 0 Å². The zero-order chi connectivity index (χ0) is 10.4. The van der Waals surface area contributed by atoms with Gasteiger partial charge < -0.3 is 10.3 Å². The number of H-pyrrole nitrogens is 1. The van der Waals surface area contributed by atoms with E-state index in [9.17, 15) is 0 Å². The molecule has 1 heterocycles. The molecule has 0 spiro atoms. The van der Waals surface area contributed by atoms with Gasteiger partial charge in [-0.25, -0.2) is 4.98 Å². The van der Waals surface area contributed by atoms with Gasteiger partial charge in [0.25, 0.3) is 0 Å². The first-order chi connectivity index (χ1) is 6.74. The van der Waals surface area contributed by atoms with E-state index in [2.05, 4.69) is 29.1 Å². The van der Waals surface area contributed by atoms with Crippen LogP contribution in [0.3, 0.4) is 0 Å². The molecular formula is C11H21N3. The van der Waals surface area contributed by atoms with E-state index < -0.39 is 0 Å². The predicted molar refractivity (Wildman–Crippen MR) is 59.1 cm³/mol. The SMILES string of the molecule is CNC(CCCC(C)C)c1ncc[nH]1. The number of hydrogen-bond donors (Lipinski definition) is 2. The highest BCUT2D eigenvalue weighted by atomic mass is 15.0. The highest BCUT2D eigenvalue weighted by Crippen LogP contribution is 2.17. The van der Waals surface area contributed by atoms with E-state index in [0.29, 0.717) is 6.04 Å². The molecule has 1 aromatic heterocycles. The van der Waals surface area contributed by atoms with Crippen LogP contribution in [-0.4, -0.2) is 17.0 Å². The van der Waals surface area contributed by atoms with Crippen molar-refractivity contribution in [3.05, 3.63) is 18.2 Å². The summed E-state index contributed by atoms with van der Waals surface area (Å²) in [7, 11) is 1.99. The second kappa shape index (κ2) is 5.81. The summed E-state index contributed by atoms with van der Waals surface area (Å²) in [6.45, 7) is 4.53. The molecule has 3 heteroatoms. The first kappa shape index (κ1) is 11.2. The van der Waals surface area contributed by atoms with E-state index in [4.69, 9.17) is 0 Å². The zero-order valence-electron chi connectivity index (χ0n) is 9.38. The molecule has 0 bridgehead atoms. The number of imidazole rings is 1. The zero-order valence-corrected chi connectivity index (χ0v) is 9.38. The van der Waals surface area contributed by atoms with Gasteiger partial charge in [-0.1, -0.05) is 26.7 Å². The molecule has 1 rings (SSSR count). The van der Waals surface area contributed by atoms with Crippen LogP contribution >= 0.6 is 0 Å². The third kappa shape index (κ3) is 3.50. The van der Waals surface area contributed by atoms with Gasteiger partial charge in [0.05, 0.1) is 6.04 Å². The van der Waals surface area contributed by atoms with Crippen LogP contribution in [0, 0.1) is 5.92 Å². The fraction of sp³-hybridized carbons (Fsp3) is 0.727. The average molecular weight is 195 g/mol. The van der Waals surface area contributed by atoms with Crippen molar-refractivity contribution in [3.63, 3.8) is 0 Å².